The Hall–Kier alpha value is -2.91. The van der Waals surface area contributed by atoms with Gasteiger partial charge in [0.15, 0.2) is 0 Å². The maximum absolute atomic E-state index is 10.2. The van der Waals surface area contributed by atoms with Crippen molar-refractivity contribution in [2.75, 3.05) is 11.6 Å². The third-order valence-corrected chi connectivity index (χ3v) is 4.64. The van der Waals surface area contributed by atoms with E-state index in [4.69, 9.17) is 5.10 Å². The van der Waals surface area contributed by atoms with Crippen molar-refractivity contribution in [2.45, 2.75) is 6.04 Å². The molecule has 1 heterocycles. The molecule has 0 aromatic heterocycles. The summed E-state index contributed by atoms with van der Waals surface area (Å²) in [5, 5.41) is 17.2. The van der Waals surface area contributed by atoms with Crippen LogP contribution in [0.3, 0.4) is 0 Å². The van der Waals surface area contributed by atoms with Crippen molar-refractivity contribution < 1.29 is 5.11 Å². The van der Waals surface area contributed by atoms with Gasteiger partial charge in [-0.05, 0) is 23.3 Å². The molecule has 1 N–H and O–H groups in total. The number of hydrogen-bond acceptors (Lipinski definition) is 3. The highest BCUT2D eigenvalue weighted by molar-refractivity contribution is 6.05. The monoisotopic (exact) mass is 328 g/mol. The van der Waals surface area contributed by atoms with Gasteiger partial charge < -0.3 is 5.11 Å². The molecule has 0 bridgehead atoms. The minimum Gasteiger partial charge on any atom is -0.396 e. The Morgan fingerprint density at radius 3 is 1.92 bits per heavy atom. The van der Waals surface area contributed by atoms with Gasteiger partial charge in [-0.15, -0.1) is 0 Å². The third-order valence-electron chi connectivity index (χ3n) is 4.64. The number of aliphatic hydroxyl groups excluding tert-OH is 1. The van der Waals surface area contributed by atoms with E-state index in [1.165, 1.54) is 0 Å². The van der Waals surface area contributed by atoms with E-state index in [2.05, 4.69) is 36.4 Å². The van der Waals surface area contributed by atoms with E-state index in [0.29, 0.717) is 0 Å². The summed E-state index contributed by atoms with van der Waals surface area (Å²) in [7, 11) is 0. The van der Waals surface area contributed by atoms with Crippen molar-refractivity contribution in [3.8, 4) is 0 Å². The lowest BCUT2D eigenvalue weighted by atomic mass is 9.87. The van der Waals surface area contributed by atoms with Crippen molar-refractivity contribution in [2.24, 2.45) is 11.0 Å². The maximum atomic E-state index is 10.2. The second-order valence-corrected chi connectivity index (χ2v) is 6.18. The van der Waals surface area contributed by atoms with E-state index in [1.54, 1.807) is 0 Å². The van der Waals surface area contributed by atoms with E-state index in [-0.39, 0.29) is 18.6 Å². The molecular formula is C22H20N2O. The predicted molar refractivity (Wildman–Crippen MR) is 102 cm³/mol. The molecule has 0 fully saturated rings. The summed E-state index contributed by atoms with van der Waals surface area (Å²) in [6.45, 7) is 0.0522. The number of rotatable bonds is 4. The molecule has 25 heavy (non-hydrogen) atoms. The lowest BCUT2D eigenvalue weighted by molar-refractivity contribution is 0.248. The molecule has 124 valence electrons. The Morgan fingerprint density at radius 1 is 0.760 bits per heavy atom. The second-order valence-electron chi connectivity index (χ2n) is 6.18. The van der Waals surface area contributed by atoms with Gasteiger partial charge in [0.25, 0.3) is 0 Å². The van der Waals surface area contributed by atoms with Crippen LogP contribution < -0.4 is 5.01 Å². The molecular weight excluding hydrogens is 308 g/mol. The summed E-state index contributed by atoms with van der Waals surface area (Å²) in [5.41, 5.74) is 4.17. The topological polar surface area (TPSA) is 35.8 Å². The van der Waals surface area contributed by atoms with Gasteiger partial charge in [0.1, 0.15) is 0 Å². The molecule has 1 aliphatic heterocycles. The molecule has 3 aromatic rings. The first-order valence-electron chi connectivity index (χ1n) is 8.52. The fourth-order valence-electron chi connectivity index (χ4n) is 3.46. The van der Waals surface area contributed by atoms with Gasteiger partial charge in [-0.2, -0.15) is 5.10 Å². The molecule has 0 aliphatic carbocycles. The molecule has 0 saturated heterocycles. The number of nitrogens with zero attached hydrogens (tertiary/aromatic N) is 2. The Bertz CT molecular complexity index is 847. The molecule has 1 aliphatic rings. The van der Waals surface area contributed by atoms with Crippen LogP contribution in [0.2, 0.25) is 0 Å². The van der Waals surface area contributed by atoms with Crippen LogP contribution in [0.15, 0.2) is 96.1 Å². The van der Waals surface area contributed by atoms with Gasteiger partial charge in [-0.1, -0.05) is 78.9 Å². The van der Waals surface area contributed by atoms with E-state index in [9.17, 15) is 5.11 Å². The van der Waals surface area contributed by atoms with Gasteiger partial charge in [-0.3, -0.25) is 5.01 Å². The van der Waals surface area contributed by atoms with Crippen LogP contribution in [0.5, 0.6) is 0 Å². The predicted octanol–water partition coefficient (Wildman–Crippen LogP) is 4.26. The Labute approximate surface area is 147 Å². The van der Waals surface area contributed by atoms with Gasteiger partial charge in [-0.25, -0.2) is 0 Å². The fraction of sp³-hybridized carbons (Fsp3) is 0.136. The minimum absolute atomic E-state index is 0.0243. The maximum Gasteiger partial charge on any atom is 0.0882 e. The molecule has 0 spiro atoms. The van der Waals surface area contributed by atoms with E-state index >= 15 is 0 Å². The van der Waals surface area contributed by atoms with Crippen LogP contribution in [0.4, 0.5) is 5.69 Å². The highest BCUT2D eigenvalue weighted by Gasteiger charge is 2.39. The number of hydrogen-bond donors (Lipinski definition) is 1. The number of hydrazone groups is 1. The zero-order chi connectivity index (χ0) is 17.1. The summed E-state index contributed by atoms with van der Waals surface area (Å²) in [4.78, 5) is 0. The molecule has 0 unspecified atom stereocenters. The molecule has 0 saturated carbocycles. The Balaban J connectivity index is 1.84. The highest BCUT2D eigenvalue weighted by Crippen LogP contribution is 2.40. The lowest BCUT2D eigenvalue weighted by Crippen LogP contribution is -2.28. The van der Waals surface area contributed by atoms with Crippen molar-refractivity contribution in [1.82, 2.24) is 0 Å². The zero-order valence-electron chi connectivity index (χ0n) is 13.9. The highest BCUT2D eigenvalue weighted by atomic mass is 16.3. The van der Waals surface area contributed by atoms with E-state index in [1.807, 2.05) is 59.6 Å². The summed E-state index contributed by atoms with van der Waals surface area (Å²) >= 11 is 0. The van der Waals surface area contributed by atoms with Gasteiger partial charge in [0.05, 0.1) is 30.0 Å². The molecule has 2 atom stereocenters. The van der Waals surface area contributed by atoms with Crippen molar-refractivity contribution >= 4 is 11.4 Å². The first-order valence-corrected chi connectivity index (χ1v) is 8.52. The largest absolute Gasteiger partial charge is 0.396 e. The van der Waals surface area contributed by atoms with Gasteiger partial charge in [0, 0.05) is 0 Å². The molecule has 4 rings (SSSR count). The van der Waals surface area contributed by atoms with Crippen molar-refractivity contribution in [3.63, 3.8) is 0 Å². The van der Waals surface area contributed by atoms with Crippen molar-refractivity contribution in [3.05, 3.63) is 102 Å². The summed E-state index contributed by atoms with van der Waals surface area (Å²) < 4.78 is 0. The molecule has 0 amide bonds. The van der Waals surface area contributed by atoms with Crippen LogP contribution in [-0.2, 0) is 0 Å². The standard InChI is InChI=1S/C22H20N2O/c25-16-20-21(17-10-4-1-5-11-17)23-24(19-14-8-3-9-15-19)22(20)18-12-6-2-7-13-18/h1-15,20,22,25H,16H2/t20-,22+/m1/s1. The number of benzene rings is 3. The number of anilines is 1. The average Bonchev–Trinajstić information content (AvgIpc) is 3.09. The Morgan fingerprint density at radius 2 is 1.32 bits per heavy atom. The fourth-order valence-corrected chi connectivity index (χ4v) is 3.46. The van der Waals surface area contributed by atoms with Crippen LogP contribution in [-0.4, -0.2) is 17.4 Å². The quantitative estimate of drug-likeness (QED) is 0.777. The molecule has 3 aromatic carbocycles. The van der Waals surface area contributed by atoms with Gasteiger partial charge in [0.2, 0.25) is 0 Å². The molecule has 3 nitrogen and oxygen atoms in total. The van der Waals surface area contributed by atoms with Crippen LogP contribution >= 0.6 is 0 Å². The summed E-state index contributed by atoms with van der Waals surface area (Å²) in [5.74, 6) is -0.0787. The normalized spacial score (nSPS) is 19.7. The summed E-state index contributed by atoms with van der Waals surface area (Å²) in [6, 6.07) is 30.5. The molecule has 3 heteroatoms. The van der Waals surface area contributed by atoms with Crippen molar-refractivity contribution in [1.29, 1.82) is 0 Å². The van der Waals surface area contributed by atoms with Crippen LogP contribution in [0, 0.1) is 5.92 Å². The minimum atomic E-state index is -0.0787. The first kappa shape index (κ1) is 15.6. The van der Waals surface area contributed by atoms with E-state index < -0.39 is 0 Å². The average molecular weight is 328 g/mol. The van der Waals surface area contributed by atoms with E-state index in [0.717, 1.165) is 22.5 Å². The van der Waals surface area contributed by atoms with Crippen LogP contribution in [0.25, 0.3) is 0 Å². The number of aliphatic hydroxyl groups is 1. The zero-order valence-corrected chi connectivity index (χ0v) is 13.9. The summed E-state index contributed by atoms with van der Waals surface area (Å²) in [6.07, 6.45) is 0. The molecule has 0 radical (unpaired) electrons. The third kappa shape index (κ3) is 2.94. The second kappa shape index (κ2) is 6.91. The smallest absolute Gasteiger partial charge is 0.0882 e. The lowest BCUT2D eigenvalue weighted by Gasteiger charge is -2.27. The SMILES string of the molecule is OC[C@@H]1C(c2ccccc2)=NN(c2ccccc2)[C@H]1c1ccccc1. The Kier molecular flexibility index (Phi) is 4.32. The van der Waals surface area contributed by atoms with Gasteiger partial charge >= 0.3 is 0 Å². The van der Waals surface area contributed by atoms with Crippen LogP contribution in [0.1, 0.15) is 17.2 Å². The number of para-hydroxylation sites is 1. The first-order chi connectivity index (χ1) is 12.4.